The molecule has 0 atom stereocenters. The highest BCUT2D eigenvalue weighted by atomic mass is 16.2. The summed E-state index contributed by atoms with van der Waals surface area (Å²) in [5, 5.41) is 0. The molecule has 146 valence electrons. The summed E-state index contributed by atoms with van der Waals surface area (Å²) < 4.78 is 4.53. The first-order valence-electron chi connectivity index (χ1n) is 9.44. The molecule has 0 radical (unpaired) electrons. The maximum atomic E-state index is 13.2. The monoisotopic (exact) mass is 386 g/mol. The van der Waals surface area contributed by atoms with E-state index < -0.39 is 5.69 Å². The number of rotatable bonds is 5. The van der Waals surface area contributed by atoms with Crippen LogP contribution in [0.3, 0.4) is 0 Å². The highest BCUT2D eigenvalue weighted by Crippen LogP contribution is 2.17. The van der Waals surface area contributed by atoms with E-state index in [1.165, 1.54) is 9.13 Å². The Labute approximate surface area is 168 Å². The van der Waals surface area contributed by atoms with E-state index >= 15 is 0 Å². The Morgan fingerprint density at radius 3 is 2.59 bits per heavy atom. The minimum absolute atomic E-state index is 0.134. The summed E-state index contributed by atoms with van der Waals surface area (Å²) in [6.45, 7) is 8.28. The normalized spacial score (nSPS) is 11.1. The number of nitrogens with zero attached hydrogens (tertiary/aromatic N) is 4. The van der Waals surface area contributed by atoms with Gasteiger partial charge in [-0.25, -0.2) is 14.3 Å². The summed E-state index contributed by atoms with van der Waals surface area (Å²) in [5.74, 6) is 0. The molecule has 2 aromatic heterocycles. The number of para-hydroxylation sites is 1. The highest BCUT2D eigenvalue weighted by molar-refractivity contribution is 5.73. The van der Waals surface area contributed by atoms with Crippen LogP contribution < -0.4 is 11.2 Å². The second kappa shape index (κ2) is 7.39. The van der Waals surface area contributed by atoms with Crippen molar-refractivity contribution in [1.82, 2.24) is 18.7 Å². The number of hydrogen-bond acceptors (Lipinski definition) is 3. The predicted molar refractivity (Wildman–Crippen MR) is 115 cm³/mol. The first-order valence-corrected chi connectivity index (χ1v) is 9.44. The Bertz CT molecular complexity index is 1340. The van der Waals surface area contributed by atoms with Crippen LogP contribution in [-0.4, -0.2) is 18.7 Å². The van der Waals surface area contributed by atoms with Crippen molar-refractivity contribution in [3.8, 4) is 5.69 Å². The van der Waals surface area contributed by atoms with Gasteiger partial charge in [0.05, 0.1) is 12.0 Å². The van der Waals surface area contributed by atoms with Crippen molar-refractivity contribution in [3.05, 3.63) is 105 Å². The molecule has 6 heteroatoms. The van der Waals surface area contributed by atoms with Gasteiger partial charge in [-0.1, -0.05) is 54.1 Å². The molecule has 4 aromatic rings. The third-order valence-electron chi connectivity index (χ3n) is 5.00. The quantitative estimate of drug-likeness (QED) is 0.495. The van der Waals surface area contributed by atoms with E-state index in [0.717, 1.165) is 16.7 Å². The van der Waals surface area contributed by atoms with E-state index in [-0.39, 0.29) is 12.1 Å². The zero-order valence-corrected chi connectivity index (χ0v) is 16.5. The van der Waals surface area contributed by atoms with Gasteiger partial charge in [-0.05, 0) is 31.0 Å². The Morgan fingerprint density at radius 1 is 1.07 bits per heavy atom. The zero-order valence-electron chi connectivity index (χ0n) is 16.5. The topological polar surface area (TPSA) is 61.8 Å². The van der Waals surface area contributed by atoms with E-state index in [9.17, 15) is 9.59 Å². The van der Waals surface area contributed by atoms with Crippen molar-refractivity contribution >= 4 is 11.2 Å². The number of imidazole rings is 1. The molecule has 0 fully saturated rings. The molecule has 6 nitrogen and oxygen atoms in total. The van der Waals surface area contributed by atoms with Gasteiger partial charge in [0, 0.05) is 13.1 Å². The summed E-state index contributed by atoms with van der Waals surface area (Å²) >= 11 is 0. The Balaban J connectivity index is 2.03. The molecular weight excluding hydrogens is 364 g/mol. The number of hydrogen-bond donors (Lipinski definition) is 0. The first kappa shape index (κ1) is 18.7. The molecule has 0 aliphatic heterocycles. The Kier molecular flexibility index (Phi) is 4.76. The van der Waals surface area contributed by atoms with Gasteiger partial charge in [-0.2, -0.15) is 0 Å². The number of aryl methyl sites for hydroxylation is 2. The van der Waals surface area contributed by atoms with Crippen LogP contribution in [-0.2, 0) is 13.1 Å². The summed E-state index contributed by atoms with van der Waals surface area (Å²) in [6, 6.07) is 15.7. The fourth-order valence-corrected chi connectivity index (χ4v) is 3.63. The third kappa shape index (κ3) is 3.23. The van der Waals surface area contributed by atoms with Crippen LogP contribution in [0.4, 0.5) is 0 Å². The second-order valence-corrected chi connectivity index (χ2v) is 7.14. The van der Waals surface area contributed by atoms with Crippen molar-refractivity contribution in [2.24, 2.45) is 0 Å². The fraction of sp³-hybridized carbons (Fsp3) is 0.174. The maximum absolute atomic E-state index is 13.2. The van der Waals surface area contributed by atoms with Gasteiger partial charge in [0.2, 0.25) is 0 Å². The van der Waals surface area contributed by atoms with Crippen molar-refractivity contribution < 1.29 is 0 Å². The summed E-state index contributed by atoms with van der Waals surface area (Å²) in [5.41, 5.74) is 3.82. The maximum Gasteiger partial charge on any atom is 0.337 e. The number of fused-ring (bicyclic) bond motifs is 1. The molecule has 0 N–H and O–H groups in total. The lowest BCUT2D eigenvalue weighted by Crippen LogP contribution is -2.40. The Hall–Kier alpha value is -3.67. The lowest BCUT2D eigenvalue weighted by molar-refractivity contribution is 0.689. The van der Waals surface area contributed by atoms with Crippen LogP contribution in [0, 0.1) is 13.8 Å². The Morgan fingerprint density at radius 2 is 1.86 bits per heavy atom. The average molecular weight is 386 g/mol. The SMILES string of the molecule is C=CCn1c(=O)c2c(ncn2Cc2cccc(C)c2)n(-c2ccccc2C)c1=O. The molecule has 29 heavy (non-hydrogen) atoms. The van der Waals surface area contributed by atoms with Crippen molar-refractivity contribution in [2.45, 2.75) is 26.9 Å². The molecule has 0 bridgehead atoms. The molecule has 4 rings (SSSR count). The molecule has 0 aliphatic carbocycles. The predicted octanol–water partition coefficient (Wildman–Crippen LogP) is 3.20. The van der Waals surface area contributed by atoms with Crippen LogP contribution in [0.15, 0.2) is 77.1 Å². The zero-order chi connectivity index (χ0) is 20.5. The number of aromatic nitrogens is 4. The van der Waals surface area contributed by atoms with Gasteiger partial charge in [-0.15, -0.1) is 6.58 Å². The summed E-state index contributed by atoms with van der Waals surface area (Å²) in [6.07, 6.45) is 3.18. The lowest BCUT2D eigenvalue weighted by Gasteiger charge is -2.13. The van der Waals surface area contributed by atoms with Crippen LogP contribution in [0.1, 0.15) is 16.7 Å². The highest BCUT2D eigenvalue weighted by Gasteiger charge is 2.19. The van der Waals surface area contributed by atoms with Gasteiger partial charge in [0.25, 0.3) is 5.56 Å². The van der Waals surface area contributed by atoms with Crippen molar-refractivity contribution in [1.29, 1.82) is 0 Å². The molecule has 0 aliphatic rings. The van der Waals surface area contributed by atoms with E-state index in [1.54, 1.807) is 17.0 Å². The lowest BCUT2D eigenvalue weighted by atomic mass is 10.1. The van der Waals surface area contributed by atoms with Crippen molar-refractivity contribution in [2.75, 3.05) is 0 Å². The molecule has 0 spiro atoms. The van der Waals surface area contributed by atoms with Gasteiger partial charge < -0.3 is 4.57 Å². The minimum Gasteiger partial charge on any atom is -0.320 e. The fourth-order valence-electron chi connectivity index (χ4n) is 3.63. The van der Waals surface area contributed by atoms with Gasteiger partial charge in [0.15, 0.2) is 11.2 Å². The molecule has 0 saturated carbocycles. The van der Waals surface area contributed by atoms with E-state index in [1.807, 2.05) is 56.3 Å². The molecule has 0 saturated heterocycles. The molecule has 2 heterocycles. The van der Waals surface area contributed by atoms with Gasteiger partial charge >= 0.3 is 5.69 Å². The molecule has 2 aromatic carbocycles. The van der Waals surface area contributed by atoms with Crippen LogP contribution >= 0.6 is 0 Å². The van der Waals surface area contributed by atoms with Crippen molar-refractivity contribution in [3.63, 3.8) is 0 Å². The number of allylic oxidation sites excluding steroid dienone is 1. The van der Waals surface area contributed by atoms with E-state index in [2.05, 4.69) is 17.6 Å². The molecule has 0 unspecified atom stereocenters. The molecule has 0 amide bonds. The minimum atomic E-state index is -0.419. The van der Waals surface area contributed by atoms with Crippen LogP contribution in [0.5, 0.6) is 0 Å². The second-order valence-electron chi connectivity index (χ2n) is 7.14. The van der Waals surface area contributed by atoms with Gasteiger partial charge in [-0.3, -0.25) is 9.36 Å². The number of benzene rings is 2. The molecular formula is C23H22N4O2. The first-order chi connectivity index (χ1) is 14.0. The standard InChI is InChI=1S/C23H22N4O2/c1-4-12-26-22(28)20-21(27(23(26)29)19-11-6-5-9-17(19)3)24-15-25(20)14-18-10-7-8-16(2)13-18/h4-11,13,15H,1,12,14H2,2-3H3. The summed E-state index contributed by atoms with van der Waals surface area (Å²) in [4.78, 5) is 30.8. The third-order valence-corrected chi connectivity index (χ3v) is 5.00. The average Bonchev–Trinajstić information content (AvgIpc) is 3.10. The van der Waals surface area contributed by atoms with E-state index in [4.69, 9.17) is 0 Å². The smallest absolute Gasteiger partial charge is 0.320 e. The van der Waals surface area contributed by atoms with Crippen LogP contribution in [0.2, 0.25) is 0 Å². The van der Waals surface area contributed by atoms with Crippen LogP contribution in [0.25, 0.3) is 16.9 Å². The van der Waals surface area contributed by atoms with E-state index in [0.29, 0.717) is 23.4 Å². The summed E-state index contributed by atoms with van der Waals surface area (Å²) in [7, 11) is 0. The van der Waals surface area contributed by atoms with Gasteiger partial charge in [0.1, 0.15) is 0 Å². The largest absolute Gasteiger partial charge is 0.337 e.